The zero-order valence-corrected chi connectivity index (χ0v) is 15.4. The van der Waals surface area contributed by atoms with Gasteiger partial charge in [-0.2, -0.15) is 0 Å². The SMILES string of the molecule is CC(C)S(=O)(=O)c1cc(C(=O)N[C@@H](C)c2ccccc2)ccc1Cl. The monoisotopic (exact) mass is 365 g/mol. The number of hydrogen-bond donors (Lipinski definition) is 1. The van der Waals surface area contributed by atoms with Crippen LogP contribution in [0.5, 0.6) is 0 Å². The van der Waals surface area contributed by atoms with Crippen LogP contribution in [0.4, 0.5) is 0 Å². The maximum atomic E-state index is 12.4. The summed E-state index contributed by atoms with van der Waals surface area (Å²) in [6, 6.07) is 13.6. The lowest BCUT2D eigenvalue weighted by Crippen LogP contribution is -2.27. The van der Waals surface area contributed by atoms with Gasteiger partial charge in [-0.25, -0.2) is 8.42 Å². The van der Waals surface area contributed by atoms with Crippen LogP contribution in [0.15, 0.2) is 53.4 Å². The first-order chi connectivity index (χ1) is 11.2. The molecule has 2 aromatic rings. The molecule has 2 rings (SSSR count). The van der Waals surface area contributed by atoms with E-state index in [4.69, 9.17) is 11.6 Å². The van der Waals surface area contributed by atoms with Crippen molar-refractivity contribution in [2.45, 2.75) is 37.0 Å². The third-order valence-electron chi connectivity index (χ3n) is 3.77. The summed E-state index contributed by atoms with van der Waals surface area (Å²) >= 11 is 6.02. The number of benzene rings is 2. The van der Waals surface area contributed by atoms with Gasteiger partial charge in [-0.05, 0) is 44.5 Å². The van der Waals surface area contributed by atoms with Crippen LogP contribution in [0.2, 0.25) is 5.02 Å². The van der Waals surface area contributed by atoms with Gasteiger partial charge in [0.25, 0.3) is 5.91 Å². The molecular weight excluding hydrogens is 346 g/mol. The van der Waals surface area contributed by atoms with Gasteiger partial charge in [0.05, 0.1) is 21.2 Å². The van der Waals surface area contributed by atoms with Crippen LogP contribution in [-0.4, -0.2) is 19.6 Å². The van der Waals surface area contributed by atoms with E-state index in [-0.39, 0.29) is 27.4 Å². The van der Waals surface area contributed by atoms with E-state index in [1.54, 1.807) is 13.8 Å². The molecule has 0 aliphatic rings. The molecule has 0 radical (unpaired) electrons. The van der Waals surface area contributed by atoms with E-state index < -0.39 is 15.1 Å². The summed E-state index contributed by atoms with van der Waals surface area (Å²) in [6.07, 6.45) is 0. The number of sulfone groups is 1. The molecule has 0 fully saturated rings. The van der Waals surface area contributed by atoms with Gasteiger partial charge in [-0.3, -0.25) is 4.79 Å². The van der Waals surface area contributed by atoms with Crippen molar-refractivity contribution in [2.75, 3.05) is 0 Å². The molecule has 0 saturated carbocycles. The van der Waals surface area contributed by atoms with Crippen LogP contribution in [0.25, 0.3) is 0 Å². The molecule has 0 unspecified atom stereocenters. The molecule has 4 nitrogen and oxygen atoms in total. The van der Waals surface area contributed by atoms with Crippen molar-refractivity contribution < 1.29 is 13.2 Å². The van der Waals surface area contributed by atoms with Crippen molar-refractivity contribution in [1.29, 1.82) is 0 Å². The predicted molar refractivity (Wildman–Crippen MR) is 96.1 cm³/mol. The summed E-state index contributed by atoms with van der Waals surface area (Å²) in [5.74, 6) is -0.344. The maximum absolute atomic E-state index is 12.4. The van der Waals surface area contributed by atoms with Crippen molar-refractivity contribution in [3.8, 4) is 0 Å². The van der Waals surface area contributed by atoms with Gasteiger partial charge in [0, 0.05) is 5.56 Å². The molecule has 1 N–H and O–H groups in total. The number of carbonyl (C=O) groups is 1. The van der Waals surface area contributed by atoms with E-state index >= 15 is 0 Å². The third-order valence-corrected chi connectivity index (χ3v) is 6.40. The minimum Gasteiger partial charge on any atom is -0.346 e. The molecule has 0 aliphatic carbocycles. The van der Waals surface area contributed by atoms with Crippen LogP contribution >= 0.6 is 11.6 Å². The van der Waals surface area contributed by atoms with E-state index in [0.29, 0.717) is 0 Å². The zero-order valence-electron chi connectivity index (χ0n) is 13.8. The second-order valence-electron chi connectivity index (χ2n) is 5.84. The Morgan fingerprint density at radius 2 is 1.67 bits per heavy atom. The van der Waals surface area contributed by atoms with Crippen LogP contribution in [0.1, 0.15) is 42.7 Å². The van der Waals surface area contributed by atoms with E-state index in [0.717, 1.165) is 5.56 Å². The van der Waals surface area contributed by atoms with E-state index in [1.807, 2.05) is 37.3 Å². The van der Waals surface area contributed by atoms with Crippen molar-refractivity contribution in [2.24, 2.45) is 0 Å². The van der Waals surface area contributed by atoms with Gasteiger partial charge in [-0.1, -0.05) is 41.9 Å². The molecular formula is C18H20ClNO3S. The van der Waals surface area contributed by atoms with Crippen LogP contribution in [0, 0.1) is 0 Å². The molecule has 6 heteroatoms. The first kappa shape index (κ1) is 18.5. The van der Waals surface area contributed by atoms with E-state index in [9.17, 15) is 13.2 Å². The number of hydrogen-bond acceptors (Lipinski definition) is 3. The van der Waals surface area contributed by atoms with Gasteiger partial charge < -0.3 is 5.32 Å². The van der Waals surface area contributed by atoms with Crippen molar-refractivity contribution in [3.05, 3.63) is 64.7 Å². The van der Waals surface area contributed by atoms with Gasteiger partial charge in [0.1, 0.15) is 0 Å². The Hall–Kier alpha value is -1.85. The fourth-order valence-electron chi connectivity index (χ4n) is 2.22. The van der Waals surface area contributed by atoms with Crippen LogP contribution < -0.4 is 5.32 Å². The summed E-state index contributed by atoms with van der Waals surface area (Å²) in [7, 11) is -3.56. The fraction of sp³-hybridized carbons (Fsp3) is 0.278. The highest BCUT2D eigenvalue weighted by Gasteiger charge is 2.24. The molecule has 0 aromatic heterocycles. The summed E-state index contributed by atoms with van der Waals surface area (Å²) in [5, 5.41) is 2.37. The van der Waals surface area contributed by atoms with Crippen molar-refractivity contribution in [1.82, 2.24) is 5.32 Å². The van der Waals surface area contributed by atoms with Crippen LogP contribution in [0.3, 0.4) is 0 Å². The first-order valence-electron chi connectivity index (χ1n) is 7.62. The maximum Gasteiger partial charge on any atom is 0.251 e. The Balaban J connectivity index is 2.28. The Kier molecular flexibility index (Phi) is 5.67. The lowest BCUT2D eigenvalue weighted by molar-refractivity contribution is 0.0939. The largest absolute Gasteiger partial charge is 0.346 e. The quantitative estimate of drug-likeness (QED) is 0.870. The topological polar surface area (TPSA) is 63.2 Å². The number of carbonyl (C=O) groups excluding carboxylic acids is 1. The van der Waals surface area contributed by atoms with Gasteiger partial charge >= 0.3 is 0 Å². The molecule has 2 aromatic carbocycles. The Labute approximate surface area is 147 Å². The highest BCUT2D eigenvalue weighted by Crippen LogP contribution is 2.26. The summed E-state index contributed by atoms with van der Waals surface area (Å²) in [4.78, 5) is 12.4. The molecule has 1 atom stereocenters. The number of halogens is 1. The summed E-state index contributed by atoms with van der Waals surface area (Å²) in [5.41, 5.74) is 1.23. The van der Waals surface area contributed by atoms with Crippen molar-refractivity contribution in [3.63, 3.8) is 0 Å². The highest BCUT2D eigenvalue weighted by atomic mass is 35.5. The lowest BCUT2D eigenvalue weighted by Gasteiger charge is -2.15. The number of nitrogens with one attached hydrogen (secondary N) is 1. The molecule has 0 spiro atoms. The fourth-order valence-corrected chi connectivity index (χ4v) is 3.80. The van der Waals surface area contributed by atoms with Crippen LogP contribution in [-0.2, 0) is 9.84 Å². The third kappa shape index (κ3) is 3.97. The molecule has 0 bridgehead atoms. The standard InChI is InChI=1S/C18H20ClNO3S/c1-12(2)24(22,23)17-11-15(9-10-16(17)19)18(21)20-13(3)14-7-5-4-6-8-14/h4-13H,1-3H3,(H,20,21)/t13-/m0/s1. The smallest absolute Gasteiger partial charge is 0.251 e. The zero-order chi connectivity index (χ0) is 17.9. The Bertz CT molecular complexity index is 833. The molecule has 0 heterocycles. The first-order valence-corrected chi connectivity index (χ1v) is 9.55. The van der Waals surface area contributed by atoms with Crippen molar-refractivity contribution >= 4 is 27.3 Å². The minimum atomic E-state index is -3.56. The highest BCUT2D eigenvalue weighted by molar-refractivity contribution is 7.92. The number of rotatable bonds is 5. The molecule has 1 amide bonds. The molecule has 128 valence electrons. The predicted octanol–water partition coefficient (Wildman–Crippen LogP) is 4.01. The average Bonchev–Trinajstić information content (AvgIpc) is 2.55. The molecule has 0 saturated heterocycles. The minimum absolute atomic E-state index is 0.0146. The second-order valence-corrected chi connectivity index (χ2v) is 8.72. The summed E-state index contributed by atoms with van der Waals surface area (Å²) < 4.78 is 24.7. The van der Waals surface area contributed by atoms with E-state index in [2.05, 4.69) is 5.32 Å². The summed E-state index contributed by atoms with van der Waals surface area (Å²) in [6.45, 7) is 5.03. The van der Waals surface area contributed by atoms with Gasteiger partial charge in [0.2, 0.25) is 0 Å². The number of amides is 1. The molecule has 24 heavy (non-hydrogen) atoms. The average molecular weight is 366 g/mol. The Morgan fingerprint density at radius 3 is 2.25 bits per heavy atom. The second kappa shape index (κ2) is 7.36. The van der Waals surface area contributed by atoms with E-state index in [1.165, 1.54) is 18.2 Å². The Morgan fingerprint density at radius 1 is 1.04 bits per heavy atom. The van der Waals surface area contributed by atoms with Gasteiger partial charge in [0.15, 0.2) is 9.84 Å². The molecule has 0 aliphatic heterocycles. The van der Waals surface area contributed by atoms with Gasteiger partial charge in [-0.15, -0.1) is 0 Å². The lowest BCUT2D eigenvalue weighted by atomic mass is 10.1. The normalized spacial score (nSPS) is 12.9.